The molecule has 0 aliphatic heterocycles. The first-order chi connectivity index (χ1) is 8.04. The molecule has 2 aromatic heterocycles. The van der Waals surface area contributed by atoms with E-state index in [1.165, 1.54) is 0 Å². The number of aryl methyl sites for hydroxylation is 1. The average molecular weight is 233 g/mol. The molecule has 0 radical (unpaired) electrons. The molecule has 0 aliphatic carbocycles. The maximum Gasteiger partial charge on any atom is 0.274 e. The Morgan fingerprint density at radius 3 is 2.82 bits per heavy atom. The van der Waals surface area contributed by atoms with Gasteiger partial charge in [-0.1, -0.05) is 20.3 Å². The number of hydrogen-bond acceptors (Lipinski definition) is 2. The van der Waals surface area contributed by atoms with Crippen molar-refractivity contribution in [3.05, 3.63) is 33.4 Å². The lowest BCUT2D eigenvalue weighted by molar-refractivity contribution is 0.624. The molecule has 0 fully saturated rings. The number of nitrogens with one attached hydrogen (secondary N) is 1. The number of fused-ring (bicyclic) bond motifs is 1. The Bertz CT molecular complexity index is 594. The minimum absolute atomic E-state index is 0.00227. The van der Waals surface area contributed by atoms with Gasteiger partial charge in [-0.2, -0.15) is 4.52 Å². The number of pyridine rings is 1. The Morgan fingerprint density at radius 2 is 2.18 bits per heavy atom. The van der Waals surface area contributed by atoms with Gasteiger partial charge in [-0.05, 0) is 31.9 Å². The molecule has 4 heteroatoms. The number of nitrogens with zero attached hydrogens (tertiary/aromatic N) is 2. The highest BCUT2D eigenvalue weighted by atomic mass is 16.1. The zero-order valence-corrected chi connectivity index (χ0v) is 10.9. The van der Waals surface area contributed by atoms with Crippen LogP contribution in [0.25, 0.3) is 5.65 Å². The molecule has 0 aromatic carbocycles. The molecule has 92 valence electrons. The number of aromatic amines is 1. The van der Waals surface area contributed by atoms with Gasteiger partial charge in [-0.3, -0.25) is 9.89 Å². The molecule has 1 atom stereocenters. The highest BCUT2D eigenvalue weighted by molar-refractivity contribution is 5.43. The van der Waals surface area contributed by atoms with E-state index in [0.717, 1.165) is 35.4 Å². The summed E-state index contributed by atoms with van der Waals surface area (Å²) in [5.74, 6) is 1.26. The fourth-order valence-electron chi connectivity index (χ4n) is 2.05. The quantitative estimate of drug-likeness (QED) is 0.885. The van der Waals surface area contributed by atoms with Crippen LogP contribution in [0.3, 0.4) is 0 Å². The predicted octanol–water partition coefficient (Wildman–Crippen LogP) is 2.54. The van der Waals surface area contributed by atoms with Crippen molar-refractivity contribution < 1.29 is 0 Å². The molecular formula is C13H19N3O. The topological polar surface area (TPSA) is 50.2 Å². The number of rotatable bonds is 3. The first-order valence-electron chi connectivity index (χ1n) is 6.13. The van der Waals surface area contributed by atoms with Crippen molar-refractivity contribution in [2.45, 2.75) is 46.5 Å². The van der Waals surface area contributed by atoms with Crippen LogP contribution >= 0.6 is 0 Å². The fraction of sp³-hybridized carbons (Fsp3) is 0.538. The van der Waals surface area contributed by atoms with Crippen molar-refractivity contribution in [2.24, 2.45) is 0 Å². The third kappa shape index (κ3) is 1.99. The summed E-state index contributed by atoms with van der Waals surface area (Å²) in [4.78, 5) is 16.5. The Kier molecular flexibility index (Phi) is 3.05. The summed E-state index contributed by atoms with van der Waals surface area (Å²) in [6, 6.07) is 1.95. The van der Waals surface area contributed by atoms with E-state index in [1.807, 2.05) is 19.9 Å². The van der Waals surface area contributed by atoms with Crippen LogP contribution in [0.15, 0.2) is 10.9 Å². The molecule has 0 spiro atoms. The zero-order valence-electron chi connectivity index (χ0n) is 10.9. The molecule has 4 nitrogen and oxygen atoms in total. The minimum atomic E-state index is 0.00227. The van der Waals surface area contributed by atoms with E-state index in [1.54, 1.807) is 4.52 Å². The summed E-state index contributed by atoms with van der Waals surface area (Å²) in [7, 11) is 0. The lowest BCUT2D eigenvalue weighted by Crippen LogP contribution is -2.17. The van der Waals surface area contributed by atoms with E-state index in [-0.39, 0.29) is 5.56 Å². The van der Waals surface area contributed by atoms with Gasteiger partial charge in [0.2, 0.25) is 0 Å². The average Bonchev–Trinajstić information content (AvgIpc) is 2.70. The molecule has 0 bridgehead atoms. The van der Waals surface area contributed by atoms with Crippen molar-refractivity contribution in [1.29, 1.82) is 0 Å². The van der Waals surface area contributed by atoms with E-state index < -0.39 is 0 Å². The summed E-state index contributed by atoms with van der Waals surface area (Å²) in [6.45, 7) is 8.08. The number of H-pyrrole nitrogens is 1. The molecular weight excluding hydrogens is 214 g/mol. The number of aromatic nitrogens is 3. The molecule has 17 heavy (non-hydrogen) atoms. The maximum absolute atomic E-state index is 12.0. The van der Waals surface area contributed by atoms with Crippen molar-refractivity contribution in [1.82, 2.24) is 14.6 Å². The standard InChI is InChI=1S/C13H19N3O/c1-5-6-8(2)12-14-11-7-9(3)10(4)13(17)16(11)15-12/h7-8H,5-6H2,1-4H3,(H,14,15). The highest BCUT2D eigenvalue weighted by Crippen LogP contribution is 2.17. The normalized spacial score (nSPS) is 13.2. The van der Waals surface area contributed by atoms with Crippen LogP contribution < -0.4 is 5.56 Å². The van der Waals surface area contributed by atoms with Crippen LogP contribution in [-0.2, 0) is 0 Å². The van der Waals surface area contributed by atoms with Crippen LogP contribution in [0.4, 0.5) is 0 Å². The van der Waals surface area contributed by atoms with Crippen LogP contribution in [0, 0.1) is 13.8 Å². The van der Waals surface area contributed by atoms with Gasteiger partial charge in [0.15, 0.2) is 5.65 Å². The van der Waals surface area contributed by atoms with Crippen LogP contribution in [-0.4, -0.2) is 14.6 Å². The summed E-state index contributed by atoms with van der Waals surface area (Å²) in [5.41, 5.74) is 2.50. The van der Waals surface area contributed by atoms with E-state index in [9.17, 15) is 4.79 Å². The summed E-state index contributed by atoms with van der Waals surface area (Å²) < 4.78 is 1.55. The van der Waals surface area contributed by atoms with E-state index >= 15 is 0 Å². The van der Waals surface area contributed by atoms with Gasteiger partial charge in [0.05, 0.1) is 0 Å². The monoisotopic (exact) mass is 233 g/mol. The zero-order chi connectivity index (χ0) is 12.6. The van der Waals surface area contributed by atoms with Gasteiger partial charge in [0.25, 0.3) is 5.56 Å². The largest absolute Gasteiger partial charge is 0.276 e. The SMILES string of the molecule is CCCC(C)c1nc2cc(C)c(C)c(=O)n2[nH]1. The molecule has 0 saturated heterocycles. The minimum Gasteiger partial charge on any atom is -0.276 e. The lowest BCUT2D eigenvalue weighted by atomic mass is 10.1. The van der Waals surface area contributed by atoms with Crippen molar-refractivity contribution in [2.75, 3.05) is 0 Å². The number of hydrogen-bond donors (Lipinski definition) is 1. The van der Waals surface area contributed by atoms with E-state index in [2.05, 4.69) is 23.9 Å². The Labute approximate surface area is 101 Å². The summed E-state index contributed by atoms with van der Waals surface area (Å²) >= 11 is 0. The van der Waals surface area contributed by atoms with Gasteiger partial charge in [0.1, 0.15) is 5.82 Å². The van der Waals surface area contributed by atoms with Crippen LogP contribution in [0.1, 0.15) is 49.6 Å². The van der Waals surface area contributed by atoms with Crippen molar-refractivity contribution in [3.63, 3.8) is 0 Å². The lowest BCUT2D eigenvalue weighted by Gasteiger charge is -2.04. The Balaban J connectivity index is 2.58. The second kappa shape index (κ2) is 4.35. The summed E-state index contributed by atoms with van der Waals surface area (Å²) in [5, 5.41) is 3.11. The van der Waals surface area contributed by atoms with Gasteiger partial charge in [0, 0.05) is 11.5 Å². The predicted molar refractivity (Wildman–Crippen MR) is 68.6 cm³/mol. The van der Waals surface area contributed by atoms with Gasteiger partial charge in [-0.25, -0.2) is 4.98 Å². The summed E-state index contributed by atoms with van der Waals surface area (Å²) in [6.07, 6.45) is 2.19. The molecule has 1 unspecified atom stereocenters. The van der Waals surface area contributed by atoms with Crippen LogP contribution in [0.2, 0.25) is 0 Å². The first kappa shape index (κ1) is 11.9. The Morgan fingerprint density at radius 1 is 1.47 bits per heavy atom. The molecule has 0 amide bonds. The van der Waals surface area contributed by atoms with Gasteiger partial charge in [-0.15, -0.1) is 0 Å². The molecule has 1 N–H and O–H groups in total. The third-order valence-corrected chi connectivity index (χ3v) is 3.34. The smallest absolute Gasteiger partial charge is 0.274 e. The van der Waals surface area contributed by atoms with E-state index in [4.69, 9.17) is 0 Å². The molecule has 0 saturated carbocycles. The first-order valence-corrected chi connectivity index (χ1v) is 6.13. The second-order valence-corrected chi connectivity index (χ2v) is 4.75. The second-order valence-electron chi connectivity index (χ2n) is 4.75. The molecule has 2 aromatic rings. The van der Waals surface area contributed by atoms with Crippen molar-refractivity contribution >= 4 is 5.65 Å². The Hall–Kier alpha value is -1.58. The molecule has 2 rings (SSSR count). The fourth-order valence-corrected chi connectivity index (χ4v) is 2.05. The van der Waals surface area contributed by atoms with E-state index in [0.29, 0.717) is 5.92 Å². The van der Waals surface area contributed by atoms with Gasteiger partial charge >= 0.3 is 0 Å². The third-order valence-electron chi connectivity index (χ3n) is 3.34. The highest BCUT2D eigenvalue weighted by Gasteiger charge is 2.12. The molecule has 2 heterocycles. The van der Waals surface area contributed by atoms with Gasteiger partial charge < -0.3 is 0 Å². The van der Waals surface area contributed by atoms with Crippen LogP contribution in [0.5, 0.6) is 0 Å². The maximum atomic E-state index is 12.0. The molecule has 0 aliphatic rings. The van der Waals surface area contributed by atoms with Crippen molar-refractivity contribution in [3.8, 4) is 0 Å².